The normalized spacial score (nSPS) is 11.0. The highest BCUT2D eigenvalue weighted by molar-refractivity contribution is 9.10. The van der Waals surface area contributed by atoms with Crippen molar-refractivity contribution in [3.63, 3.8) is 0 Å². The molecule has 4 rings (SSSR count). The van der Waals surface area contributed by atoms with Crippen LogP contribution < -0.4 is 10.5 Å². The van der Waals surface area contributed by atoms with E-state index in [1.54, 1.807) is 10.9 Å². The molecule has 0 aliphatic rings. The van der Waals surface area contributed by atoms with E-state index in [4.69, 9.17) is 26.8 Å². The summed E-state index contributed by atoms with van der Waals surface area (Å²) in [6, 6.07) is 13.4. The third kappa shape index (κ3) is 5.00. The van der Waals surface area contributed by atoms with E-state index >= 15 is 0 Å². The van der Waals surface area contributed by atoms with Crippen molar-refractivity contribution in [2.24, 2.45) is 0 Å². The Morgan fingerprint density at radius 1 is 1.19 bits per heavy atom. The van der Waals surface area contributed by atoms with Gasteiger partial charge in [-0.1, -0.05) is 40.2 Å². The number of methoxy groups -OCH3 is 1. The van der Waals surface area contributed by atoms with E-state index < -0.39 is 0 Å². The summed E-state index contributed by atoms with van der Waals surface area (Å²) in [6.45, 7) is 0.801. The zero-order valence-electron chi connectivity index (χ0n) is 17.1. The number of esters is 1. The molecule has 0 aliphatic carbocycles. The zero-order chi connectivity index (χ0) is 22.7. The predicted octanol–water partition coefficient (Wildman–Crippen LogP) is 4.17. The first kappa shape index (κ1) is 22.0. The van der Waals surface area contributed by atoms with Gasteiger partial charge in [0.15, 0.2) is 5.65 Å². The second kappa shape index (κ2) is 9.54. The number of rotatable bonds is 7. The van der Waals surface area contributed by atoms with Gasteiger partial charge in [0.1, 0.15) is 18.2 Å². The number of hydrogen-bond donors (Lipinski definition) is 1. The lowest BCUT2D eigenvalue weighted by molar-refractivity contribution is -0.139. The first-order valence-corrected chi connectivity index (χ1v) is 10.8. The van der Waals surface area contributed by atoms with Crippen LogP contribution in [0.1, 0.15) is 16.7 Å². The molecule has 0 saturated heterocycles. The van der Waals surface area contributed by atoms with E-state index in [1.807, 2.05) is 42.5 Å². The first-order chi connectivity index (χ1) is 15.4. The molecule has 0 aliphatic heterocycles. The molecular weight excluding hydrogens is 498 g/mol. The number of carbonyl (C=O) groups excluding carboxylic acids is 1. The van der Waals surface area contributed by atoms with Gasteiger partial charge in [-0.2, -0.15) is 10.1 Å². The number of carbonyl (C=O) groups is 1. The van der Waals surface area contributed by atoms with Crippen LogP contribution in [-0.4, -0.2) is 32.8 Å². The van der Waals surface area contributed by atoms with Crippen LogP contribution in [0.4, 0.5) is 5.82 Å². The van der Waals surface area contributed by atoms with Crippen LogP contribution in [0.3, 0.4) is 0 Å². The lowest BCUT2D eigenvalue weighted by Gasteiger charge is -2.11. The summed E-state index contributed by atoms with van der Waals surface area (Å²) in [4.78, 5) is 19.7. The van der Waals surface area contributed by atoms with Crippen LogP contribution in [-0.2, 0) is 29.1 Å². The Labute approximate surface area is 197 Å². The number of nitrogen functional groups attached to an aromatic ring is 1. The number of fused-ring (bicyclic) bond motifs is 1. The lowest BCUT2D eigenvalue weighted by atomic mass is 10.1. The third-order valence-corrected chi connectivity index (χ3v) is 5.75. The molecule has 0 saturated carbocycles. The smallest absolute Gasteiger partial charge is 0.309 e. The molecule has 8 nitrogen and oxygen atoms in total. The molecule has 2 aromatic heterocycles. The van der Waals surface area contributed by atoms with Crippen LogP contribution in [0.5, 0.6) is 5.75 Å². The van der Waals surface area contributed by atoms with E-state index in [2.05, 4.69) is 31.0 Å². The maximum absolute atomic E-state index is 11.5. The van der Waals surface area contributed by atoms with Crippen molar-refractivity contribution in [2.45, 2.75) is 19.6 Å². The maximum Gasteiger partial charge on any atom is 0.309 e. The van der Waals surface area contributed by atoms with E-state index in [0.29, 0.717) is 35.8 Å². The molecule has 0 fully saturated rings. The van der Waals surface area contributed by atoms with E-state index in [1.165, 1.54) is 7.11 Å². The summed E-state index contributed by atoms with van der Waals surface area (Å²) >= 11 is 9.48. The number of nitrogens with zero attached hydrogens (tertiary/aromatic N) is 4. The second-order valence-corrected chi connectivity index (χ2v) is 8.22. The minimum atomic E-state index is -0.286. The average molecular weight is 517 g/mol. The van der Waals surface area contributed by atoms with Crippen molar-refractivity contribution in [1.29, 1.82) is 0 Å². The van der Waals surface area contributed by atoms with Gasteiger partial charge in [0, 0.05) is 10.0 Å². The highest BCUT2D eigenvalue weighted by atomic mass is 79.9. The monoisotopic (exact) mass is 515 g/mol. The van der Waals surface area contributed by atoms with E-state index in [9.17, 15) is 4.79 Å². The van der Waals surface area contributed by atoms with Crippen molar-refractivity contribution in [1.82, 2.24) is 19.7 Å². The van der Waals surface area contributed by atoms with Crippen molar-refractivity contribution in [2.75, 3.05) is 12.8 Å². The van der Waals surface area contributed by atoms with E-state index in [0.717, 1.165) is 21.2 Å². The highest BCUT2D eigenvalue weighted by Crippen LogP contribution is 2.24. The van der Waals surface area contributed by atoms with Crippen molar-refractivity contribution < 1.29 is 14.3 Å². The Morgan fingerprint density at radius 3 is 2.84 bits per heavy atom. The average Bonchev–Trinajstić information content (AvgIpc) is 3.17. The lowest BCUT2D eigenvalue weighted by Crippen LogP contribution is -2.06. The molecule has 4 aromatic rings. The summed E-state index contributed by atoms with van der Waals surface area (Å²) in [5.74, 6) is 0.714. The van der Waals surface area contributed by atoms with Crippen LogP contribution in [0.25, 0.3) is 11.0 Å². The Bertz CT molecular complexity index is 1290. The van der Waals surface area contributed by atoms with Gasteiger partial charge in [0.25, 0.3) is 0 Å². The fraction of sp³-hybridized carbons (Fsp3) is 0.182. The second-order valence-electron chi connectivity index (χ2n) is 7.03. The highest BCUT2D eigenvalue weighted by Gasteiger charge is 2.11. The number of nitrogens with two attached hydrogens (primary N) is 1. The SMILES string of the molecule is COC(=O)Cc1ccc(Br)c(COc2cccc(Cn3ncc4c(N)nc(Cl)nc43)c2)c1. The Morgan fingerprint density at radius 2 is 2.03 bits per heavy atom. The maximum atomic E-state index is 11.5. The summed E-state index contributed by atoms with van der Waals surface area (Å²) < 4.78 is 13.4. The Balaban J connectivity index is 1.49. The quantitative estimate of drug-likeness (QED) is 0.290. The molecule has 0 bridgehead atoms. The number of anilines is 1. The van der Waals surface area contributed by atoms with Crippen LogP contribution in [0, 0.1) is 0 Å². The first-order valence-electron chi connectivity index (χ1n) is 9.63. The summed E-state index contributed by atoms with van der Waals surface area (Å²) in [7, 11) is 1.38. The van der Waals surface area contributed by atoms with Gasteiger partial charge in [-0.15, -0.1) is 0 Å². The molecule has 2 heterocycles. The number of hydrogen-bond acceptors (Lipinski definition) is 7. The topological polar surface area (TPSA) is 105 Å². The predicted molar refractivity (Wildman–Crippen MR) is 124 cm³/mol. The number of ether oxygens (including phenoxy) is 2. The van der Waals surface area contributed by atoms with Gasteiger partial charge in [-0.05, 0) is 40.9 Å². The van der Waals surface area contributed by atoms with Gasteiger partial charge < -0.3 is 15.2 Å². The molecule has 2 N–H and O–H groups in total. The van der Waals surface area contributed by atoms with Gasteiger partial charge >= 0.3 is 5.97 Å². The Hall–Kier alpha value is -3.17. The zero-order valence-corrected chi connectivity index (χ0v) is 19.4. The number of aromatic nitrogens is 4. The van der Waals surface area contributed by atoms with Gasteiger partial charge in [-0.25, -0.2) is 9.67 Å². The molecule has 0 amide bonds. The standard InChI is InChI=1S/C22H19BrClN5O3/c1-31-19(30)9-13-5-6-18(23)15(7-13)12-32-16-4-2-3-14(8-16)11-29-21-17(10-26-29)20(25)27-22(24)28-21/h2-8,10H,9,11-12H2,1H3,(H2,25,27,28). The summed E-state index contributed by atoms with van der Waals surface area (Å²) in [5, 5.41) is 5.09. The summed E-state index contributed by atoms with van der Waals surface area (Å²) in [5.41, 5.74) is 9.23. The van der Waals surface area contributed by atoms with Gasteiger partial charge in [-0.3, -0.25) is 4.79 Å². The van der Waals surface area contributed by atoms with Gasteiger partial charge in [0.2, 0.25) is 5.28 Å². The summed E-state index contributed by atoms with van der Waals surface area (Å²) in [6.07, 6.45) is 1.84. The molecule has 2 aromatic carbocycles. The third-order valence-electron chi connectivity index (χ3n) is 4.81. The van der Waals surface area contributed by atoms with E-state index in [-0.39, 0.29) is 17.7 Å². The Kier molecular flexibility index (Phi) is 6.57. The van der Waals surface area contributed by atoms with Crippen LogP contribution in [0.2, 0.25) is 5.28 Å². The fourth-order valence-electron chi connectivity index (χ4n) is 3.22. The molecule has 164 valence electrons. The largest absolute Gasteiger partial charge is 0.489 e. The molecular formula is C22H19BrClN5O3. The molecule has 0 unspecified atom stereocenters. The molecule has 0 atom stereocenters. The molecule has 0 spiro atoms. The fourth-order valence-corrected chi connectivity index (χ4v) is 3.75. The van der Waals surface area contributed by atoms with Gasteiger partial charge in [0.05, 0.1) is 31.7 Å². The van der Waals surface area contributed by atoms with Crippen LogP contribution >= 0.6 is 27.5 Å². The number of halogens is 2. The minimum absolute atomic E-state index is 0.0776. The number of benzene rings is 2. The van der Waals surface area contributed by atoms with Crippen molar-refractivity contribution >= 4 is 50.4 Å². The molecule has 32 heavy (non-hydrogen) atoms. The van der Waals surface area contributed by atoms with Crippen LogP contribution in [0.15, 0.2) is 53.1 Å². The minimum Gasteiger partial charge on any atom is -0.489 e. The molecule has 10 heteroatoms. The van der Waals surface area contributed by atoms with Crippen molar-refractivity contribution in [3.8, 4) is 5.75 Å². The molecule has 0 radical (unpaired) electrons. The van der Waals surface area contributed by atoms with Crippen molar-refractivity contribution in [3.05, 3.63) is 75.1 Å².